The molecule has 0 saturated carbocycles. The fourth-order valence-electron chi connectivity index (χ4n) is 2.68. The van der Waals surface area contributed by atoms with E-state index < -0.39 is 17.7 Å². The van der Waals surface area contributed by atoms with Crippen molar-refractivity contribution >= 4 is 11.9 Å². The van der Waals surface area contributed by atoms with Crippen molar-refractivity contribution in [2.75, 3.05) is 26.8 Å². The van der Waals surface area contributed by atoms with Crippen LogP contribution in [0, 0.1) is 0 Å². The number of carbonyl (C=O) groups is 2. The van der Waals surface area contributed by atoms with Crippen molar-refractivity contribution in [3.05, 3.63) is 35.4 Å². The maximum absolute atomic E-state index is 12.8. The number of ether oxygens (including phenoxy) is 2. The van der Waals surface area contributed by atoms with E-state index in [0.717, 1.165) is 12.1 Å². The lowest BCUT2D eigenvalue weighted by molar-refractivity contribution is -0.145. The molecule has 1 amide bonds. The number of rotatable bonds is 5. The molecular weight excluding hydrogens is 339 g/mol. The quantitative estimate of drug-likeness (QED) is 0.758. The Kier molecular flexibility index (Phi) is 6.41. The van der Waals surface area contributed by atoms with Gasteiger partial charge in [0.05, 0.1) is 31.8 Å². The molecule has 5 nitrogen and oxygen atoms in total. The third kappa shape index (κ3) is 5.74. The van der Waals surface area contributed by atoms with E-state index in [0.29, 0.717) is 18.7 Å². The summed E-state index contributed by atoms with van der Waals surface area (Å²) >= 11 is 0. The van der Waals surface area contributed by atoms with Gasteiger partial charge in [-0.1, -0.05) is 18.2 Å². The summed E-state index contributed by atoms with van der Waals surface area (Å²) in [6, 6.07) is 5.09. The summed E-state index contributed by atoms with van der Waals surface area (Å²) < 4.78 is 48.4. The molecule has 1 aliphatic rings. The first-order valence-electron chi connectivity index (χ1n) is 7.92. The van der Waals surface area contributed by atoms with E-state index in [1.54, 1.807) is 11.0 Å². The lowest BCUT2D eigenvalue weighted by Crippen LogP contribution is -2.46. The van der Waals surface area contributed by atoms with Crippen molar-refractivity contribution in [1.29, 1.82) is 0 Å². The van der Waals surface area contributed by atoms with Gasteiger partial charge in [-0.05, 0) is 11.6 Å². The number of alkyl halides is 3. The summed E-state index contributed by atoms with van der Waals surface area (Å²) in [5, 5.41) is 0. The molecule has 1 heterocycles. The Balaban J connectivity index is 1.93. The van der Waals surface area contributed by atoms with Gasteiger partial charge in [0.2, 0.25) is 5.91 Å². The van der Waals surface area contributed by atoms with Crippen LogP contribution in [0.25, 0.3) is 0 Å². The topological polar surface area (TPSA) is 55.8 Å². The number of carbonyl (C=O) groups excluding carboxylic acids is 2. The van der Waals surface area contributed by atoms with Gasteiger partial charge in [0.1, 0.15) is 0 Å². The largest absolute Gasteiger partial charge is 0.469 e. The van der Waals surface area contributed by atoms with E-state index in [9.17, 15) is 22.8 Å². The molecule has 1 fully saturated rings. The minimum Gasteiger partial charge on any atom is -0.469 e. The second-order valence-corrected chi connectivity index (χ2v) is 5.81. The molecule has 0 bridgehead atoms. The highest BCUT2D eigenvalue weighted by molar-refractivity contribution is 5.81. The fourth-order valence-corrected chi connectivity index (χ4v) is 2.68. The van der Waals surface area contributed by atoms with Crippen LogP contribution < -0.4 is 0 Å². The Bertz CT molecular complexity index is 618. The Morgan fingerprint density at radius 2 is 2.08 bits per heavy atom. The maximum atomic E-state index is 12.8. The lowest BCUT2D eigenvalue weighted by atomic mass is 10.0. The van der Waals surface area contributed by atoms with Gasteiger partial charge in [0.25, 0.3) is 0 Å². The number of amides is 1. The number of hydrogen-bond acceptors (Lipinski definition) is 4. The Labute approximate surface area is 143 Å². The molecule has 0 radical (unpaired) electrons. The highest BCUT2D eigenvalue weighted by atomic mass is 19.4. The van der Waals surface area contributed by atoms with Crippen LogP contribution in [-0.2, 0) is 31.7 Å². The number of benzene rings is 1. The molecule has 138 valence electrons. The first kappa shape index (κ1) is 19.2. The van der Waals surface area contributed by atoms with Gasteiger partial charge in [-0.3, -0.25) is 9.59 Å². The molecule has 0 N–H and O–H groups in total. The van der Waals surface area contributed by atoms with Crippen LogP contribution in [0.1, 0.15) is 24.0 Å². The van der Waals surface area contributed by atoms with Gasteiger partial charge < -0.3 is 14.4 Å². The highest BCUT2D eigenvalue weighted by Gasteiger charge is 2.31. The van der Waals surface area contributed by atoms with Gasteiger partial charge in [-0.2, -0.15) is 13.2 Å². The molecular formula is C17H20F3NO4. The molecule has 0 aliphatic carbocycles. The Morgan fingerprint density at radius 3 is 2.76 bits per heavy atom. The predicted octanol–water partition coefficient (Wildman–Crippen LogP) is 2.43. The third-order valence-corrected chi connectivity index (χ3v) is 3.98. The summed E-state index contributed by atoms with van der Waals surface area (Å²) in [6.45, 7) is 1.00. The van der Waals surface area contributed by atoms with Gasteiger partial charge >= 0.3 is 12.1 Å². The minimum absolute atomic E-state index is 0.00495. The normalized spacial score (nSPS) is 18.1. The molecule has 1 aromatic carbocycles. The average Bonchev–Trinajstić information content (AvgIpc) is 2.59. The number of methoxy groups -OCH3 is 1. The molecule has 1 unspecified atom stereocenters. The van der Waals surface area contributed by atoms with E-state index >= 15 is 0 Å². The van der Waals surface area contributed by atoms with E-state index in [4.69, 9.17) is 4.74 Å². The van der Waals surface area contributed by atoms with Gasteiger partial charge in [-0.25, -0.2) is 0 Å². The number of esters is 1. The van der Waals surface area contributed by atoms with Gasteiger partial charge in [-0.15, -0.1) is 0 Å². The maximum Gasteiger partial charge on any atom is 0.416 e. The van der Waals surface area contributed by atoms with Crippen molar-refractivity contribution in [2.45, 2.75) is 31.5 Å². The molecule has 25 heavy (non-hydrogen) atoms. The number of nitrogens with zero attached hydrogens (tertiary/aromatic N) is 1. The van der Waals surface area contributed by atoms with Crippen molar-refractivity contribution in [3.63, 3.8) is 0 Å². The average molecular weight is 359 g/mol. The summed E-state index contributed by atoms with van der Waals surface area (Å²) in [6.07, 6.45) is -4.43. The minimum atomic E-state index is -4.39. The van der Waals surface area contributed by atoms with Crippen LogP contribution in [0.2, 0.25) is 0 Å². The van der Waals surface area contributed by atoms with Crippen LogP contribution in [0.5, 0.6) is 0 Å². The Hall–Kier alpha value is -2.09. The first-order valence-corrected chi connectivity index (χ1v) is 7.92. The molecule has 1 atom stereocenters. The number of hydrogen-bond donors (Lipinski definition) is 0. The van der Waals surface area contributed by atoms with Gasteiger partial charge in [0.15, 0.2) is 0 Å². The van der Waals surface area contributed by atoms with Crippen molar-refractivity contribution in [1.82, 2.24) is 4.90 Å². The molecule has 0 aromatic heterocycles. The highest BCUT2D eigenvalue weighted by Crippen LogP contribution is 2.30. The second kappa shape index (κ2) is 8.33. The summed E-state index contributed by atoms with van der Waals surface area (Å²) in [5.74, 6) is -0.648. The number of morpholine rings is 1. The Morgan fingerprint density at radius 1 is 1.32 bits per heavy atom. The molecule has 0 spiro atoms. The SMILES string of the molecule is COC(=O)CCC(=O)N1CCOC(Cc2cccc(C(F)(F)F)c2)C1. The van der Waals surface area contributed by atoms with E-state index in [1.807, 2.05) is 0 Å². The van der Waals surface area contributed by atoms with Crippen molar-refractivity contribution in [3.8, 4) is 0 Å². The zero-order valence-electron chi connectivity index (χ0n) is 13.8. The summed E-state index contributed by atoms with van der Waals surface area (Å²) in [7, 11) is 1.26. The van der Waals surface area contributed by atoms with E-state index in [2.05, 4.69) is 4.74 Å². The smallest absolute Gasteiger partial charge is 0.416 e. The zero-order chi connectivity index (χ0) is 18.4. The monoisotopic (exact) mass is 359 g/mol. The van der Waals surface area contributed by atoms with Crippen LogP contribution in [0.15, 0.2) is 24.3 Å². The number of halogens is 3. The van der Waals surface area contributed by atoms with Gasteiger partial charge in [0, 0.05) is 25.9 Å². The second-order valence-electron chi connectivity index (χ2n) is 5.81. The molecule has 1 aliphatic heterocycles. The summed E-state index contributed by atoms with van der Waals surface area (Å²) in [5.41, 5.74) is -0.199. The molecule has 8 heteroatoms. The van der Waals surface area contributed by atoms with Crippen LogP contribution >= 0.6 is 0 Å². The van der Waals surface area contributed by atoms with Crippen LogP contribution in [0.3, 0.4) is 0 Å². The van der Waals surface area contributed by atoms with Crippen molar-refractivity contribution < 1.29 is 32.2 Å². The van der Waals surface area contributed by atoms with Crippen LogP contribution in [0.4, 0.5) is 13.2 Å². The molecule has 2 rings (SSSR count). The fraction of sp³-hybridized carbons (Fsp3) is 0.529. The summed E-state index contributed by atoms with van der Waals surface area (Å²) in [4.78, 5) is 24.8. The van der Waals surface area contributed by atoms with E-state index in [1.165, 1.54) is 13.2 Å². The molecule has 1 saturated heterocycles. The van der Waals surface area contributed by atoms with Crippen LogP contribution in [-0.4, -0.2) is 49.7 Å². The van der Waals surface area contributed by atoms with E-state index in [-0.39, 0.29) is 37.8 Å². The third-order valence-electron chi connectivity index (χ3n) is 3.98. The lowest BCUT2D eigenvalue weighted by Gasteiger charge is -2.33. The van der Waals surface area contributed by atoms with Crippen molar-refractivity contribution in [2.24, 2.45) is 0 Å². The first-order chi connectivity index (χ1) is 11.8. The predicted molar refractivity (Wildman–Crippen MR) is 82.7 cm³/mol. The zero-order valence-corrected chi connectivity index (χ0v) is 13.8. The standard InChI is InChI=1S/C17H20F3NO4/c1-24-16(23)6-5-15(22)21-7-8-25-14(11-21)10-12-3-2-4-13(9-12)17(18,19)20/h2-4,9,14H,5-8,10-11H2,1H3. The molecule has 1 aromatic rings.